The molecule has 0 aliphatic carbocycles. The molecule has 6 heteroatoms. The molecule has 4 N–H and O–H groups in total. The van der Waals surface area contributed by atoms with Gasteiger partial charge in [-0.3, -0.25) is 0 Å². The number of nitrogen functional groups attached to an aromatic ring is 1. The first-order chi connectivity index (χ1) is 5.81. The van der Waals surface area contributed by atoms with Crippen molar-refractivity contribution in [1.29, 1.82) is 0 Å². The molecule has 0 radical (unpaired) electrons. The molecule has 0 amide bonds. The number of fused-ring (bicyclic) bond motifs is 1. The van der Waals surface area contributed by atoms with E-state index in [4.69, 9.17) is 16.0 Å². The van der Waals surface area contributed by atoms with Crippen molar-refractivity contribution in [2.24, 2.45) is 5.73 Å². The van der Waals surface area contributed by atoms with Gasteiger partial charge in [-0.2, -0.15) is 0 Å². The molecule has 0 saturated carbocycles. The molecule has 0 aliphatic heterocycles. The van der Waals surface area contributed by atoms with Crippen LogP contribution in [-0.2, 0) is 6.54 Å². The molecule has 0 fully saturated rings. The van der Waals surface area contributed by atoms with E-state index in [1.54, 1.807) is 0 Å². The van der Waals surface area contributed by atoms with E-state index in [-0.39, 0.29) is 24.8 Å². The van der Waals surface area contributed by atoms with Gasteiger partial charge in [0.15, 0.2) is 11.4 Å². The van der Waals surface area contributed by atoms with Crippen molar-refractivity contribution >= 4 is 41.6 Å². The van der Waals surface area contributed by atoms with Crippen molar-refractivity contribution in [3.63, 3.8) is 0 Å². The van der Waals surface area contributed by atoms with E-state index in [9.17, 15) is 0 Å². The van der Waals surface area contributed by atoms with Crippen molar-refractivity contribution in [2.45, 2.75) is 6.54 Å². The average Bonchev–Trinajstić information content (AvgIpc) is 2.47. The van der Waals surface area contributed by atoms with Crippen molar-refractivity contribution in [3.8, 4) is 0 Å². The molecular weight excluding hydrogens is 225 g/mol. The quantitative estimate of drug-likeness (QED) is 0.789. The maximum Gasteiger partial charge on any atom is 0.174 e. The molecule has 0 atom stereocenters. The lowest BCUT2D eigenvalue weighted by atomic mass is 10.2. The van der Waals surface area contributed by atoms with Crippen LogP contribution < -0.4 is 11.5 Å². The fourth-order valence-electron chi connectivity index (χ4n) is 1.13. The topological polar surface area (TPSA) is 78.1 Å². The molecule has 0 saturated heterocycles. The summed E-state index contributed by atoms with van der Waals surface area (Å²) in [6.07, 6.45) is 0. The van der Waals surface area contributed by atoms with Gasteiger partial charge in [0.05, 0.1) is 5.39 Å². The number of anilines is 1. The van der Waals surface area contributed by atoms with Gasteiger partial charge in [0, 0.05) is 6.54 Å². The number of rotatable bonds is 1. The van der Waals surface area contributed by atoms with E-state index in [1.165, 1.54) is 0 Å². The molecule has 2 aromatic rings. The van der Waals surface area contributed by atoms with Crippen LogP contribution >= 0.6 is 24.8 Å². The van der Waals surface area contributed by atoms with E-state index < -0.39 is 0 Å². The molecular formula is C8H11Cl2N3O. The molecule has 2 rings (SSSR count). The summed E-state index contributed by atoms with van der Waals surface area (Å²) in [5.41, 5.74) is 12.7. The maximum absolute atomic E-state index is 5.53. The van der Waals surface area contributed by atoms with Crippen LogP contribution in [0.5, 0.6) is 0 Å². The highest BCUT2D eigenvalue weighted by Gasteiger charge is 2.03. The molecule has 0 bridgehead atoms. The van der Waals surface area contributed by atoms with Crippen LogP contribution in [0.3, 0.4) is 0 Å². The van der Waals surface area contributed by atoms with Gasteiger partial charge in [0.1, 0.15) is 0 Å². The number of hydrogen-bond donors (Lipinski definition) is 2. The number of halogens is 2. The van der Waals surface area contributed by atoms with Crippen LogP contribution in [0.25, 0.3) is 11.0 Å². The third-order valence-electron chi connectivity index (χ3n) is 1.80. The Morgan fingerprint density at radius 2 is 2.00 bits per heavy atom. The zero-order valence-corrected chi connectivity index (χ0v) is 8.90. The number of nitrogens with two attached hydrogens (primary N) is 2. The van der Waals surface area contributed by atoms with Crippen molar-refractivity contribution in [2.75, 3.05) is 5.73 Å². The van der Waals surface area contributed by atoms with E-state index in [2.05, 4.69) is 5.16 Å². The van der Waals surface area contributed by atoms with Crippen molar-refractivity contribution in [3.05, 3.63) is 23.8 Å². The van der Waals surface area contributed by atoms with Gasteiger partial charge in [-0.1, -0.05) is 11.2 Å². The Morgan fingerprint density at radius 1 is 1.29 bits per heavy atom. The van der Waals surface area contributed by atoms with Crippen LogP contribution in [0.4, 0.5) is 5.82 Å². The van der Waals surface area contributed by atoms with Crippen LogP contribution in [-0.4, -0.2) is 5.16 Å². The Balaban J connectivity index is 0.000000845. The number of benzene rings is 1. The molecule has 1 aromatic carbocycles. The predicted octanol–water partition coefficient (Wildman–Crippen LogP) is 1.71. The third kappa shape index (κ3) is 2.09. The van der Waals surface area contributed by atoms with Crippen LogP contribution in [0, 0.1) is 0 Å². The summed E-state index contributed by atoms with van der Waals surface area (Å²) in [6.45, 7) is 0.497. The van der Waals surface area contributed by atoms with Gasteiger partial charge in [-0.15, -0.1) is 24.8 Å². The Labute approximate surface area is 93.4 Å². The van der Waals surface area contributed by atoms with E-state index in [0.717, 1.165) is 10.9 Å². The second kappa shape index (κ2) is 5.05. The first kappa shape index (κ1) is 13.0. The summed E-state index contributed by atoms with van der Waals surface area (Å²) < 4.78 is 4.96. The molecule has 14 heavy (non-hydrogen) atoms. The van der Waals surface area contributed by atoms with Crippen molar-refractivity contribution in [1.82, 2.24) is 5.16 Å². The summed E-state index contributed by atoms with van der Waals surface area (Å²) in [4.78, 5) is 0. The highest BCUT2D eigenvalue weighted by Crippen LogP contribution is 2.20. The average molecular weight is 236 g/mol. The standard InChI is InChI=1S/C8H9N3O.2ClH/c9-4-5-1-2-6-7(3-5)12-11-8(6)10;;/h1-3H,4,9H2,(H2,10,11);2*1H. The van der Waals surface area contributed by atoms with E-state index in [1.807, 2.05) is 18.2 Å². The molecule has 78 valence electrons. The van der Waals surface area contributed by atoms with Crippen LogP contribution in [0.2, 0.25) is 0 Å². The van der Waals surface area contributed by atoms with Gasteiger partial charge in [0.2, 0.25) is 0 Å². The van der Waals surface area contributed by atoms with E-state index in [0.29, 0.717) is 17.9 Å². The SMILES string of the molecule is Cl.Cl.NCc1ccc2c(N)noc2c1. The monoisotopic (exact) mass is 235 g/mol. The lowest BCUT2D eigenvalue weighted by Crippen LogP contribution is -1.94. The minimum absolute atomic E-state index is 0. The fraction of sp³-hybridized carbons (Fsp3) is 0.125. The van der Waals surface area contributed by atoms with Gasteiger partial charge >= 0.3 is 0 Å². The summed E-state index contributed by atoms with van der Waals surface area (Å²) in [6, 6.07) is 5.62. The summed E-state index contributed by atoms with van der Waals surface area (Å²) in [7, 11) is 0. The van der Waals surface area contributed by atoms with Gasteiger partial charge in [0.25, 0.3) is 0 Å². The predicted molar refractivity (Wildman–Crippen MR) is 60.8 cm³/mol. The van der Waals surface area contributed by atoms with Crippen LogP contribution in [0.15, 0.2) is 22.7 Å². The summed E-state index contributed by atoms with van der Waals surface area (Å²) in [5, 5.41) is 4.47. The number of aromatic nitrogens is 1. The molecule has 1 heterocycles. The molecule has 0 aliphatic rings. The zero-order chi connectivity index (χ0) is 8.55. The molecule has 0 unspecified atom stereocenters. The van der Waals surface area contributed by atoms with Gasteiger partial charge < -0.3 is 16.0 Å². The highest BCUT2D eigenvalue weighted by molar-refractivity contribution is 5.87. The van der Waals surface area contributed by atoms with Crippen molar-refractivity contribution < 1.29 is 4.52 Å². The Bertz CT molecular complexity index is 416. The fourth-order valence-corrected chi connectivity index (χ4v) is 1.13. The summed E-state index contributed by atoms with van der Waals surface area (Å²) in [5.74, 6) is 0.425. The first-order valence-corrected chi connectivity index (χ1v) is 3.65. The Morgan fingerprint density at radius 3 is 2.64 bits per heavy atom. The second-order valence-corrected chi connectivity index (χ2v) is 2.60. The smallest absolute Gasteiger partial charge is 0.174 e. The lowest BCUT2D eigenvalue weighted by Gasteiger charge is -1.93. The van der Waals surface area contributed by atoms with Crippen LogP contribution in [0.1, 0.15) is 5.56 Å². The molecule has 1 aromatic heterocycles. The van der Waals surface area contributed by atoms with Gasteiger partial charge in [-0.05, 0) is 17.7 Å². The molecule has 0 spiro atoms. The lowest BCUT2D eigenvalue weighted by molar-refractivity contribution is 0.460. The third-order valence-corrected chi connectivity index (χ3v) is 1.80. The minimum atomic E-state index is 0. The zero-order valence-electron chi connectivity index (χ0n) is 7.27. The Kier molecular flexibility index (Phi) is 4.70. The molecule has 4 nitrogen and oxygen atoms in total. The normalized spacial score (nSPS) is 9.21. The highest BCUT2D eigenvalue weighted by atomic mass is 35.5. The number of nitrogens with zero attached hydrogens (tertiary/aromatic N) is 1. The first-order valence-electron chi connectivity index (χ1n) is 3.65. The second-order valence-electron chi connectivity index (χ2n) is 2.60. The largest absolute Gasteiger partial charge is 0.380 e. The maximum atomic E-state index is 5.53. The van der Waals surface area contributed by atoms with Gasteiger partial charge in [-0.25, -0.2) is 0 Å². The Hall–Kier alpha value is -0.970. The minimum Gasteiger partial charge on any atom is -0.380 e. The summed E-state index contributed by atoms with van der Waals surface area (Å²) >= 11 is 0. The van der Waals surface area contributed by atoms with E-state index >= 15 is 0 Å². The number of hydrogen-bond acceptors (Lipinski definition) is 4.